The highest BCUT2D eigenvalue weighted by molar-refractivity contribution is 5.51. The van der Waals surface area contributed by atoms with Crippen LogP contribution in [0.5, 0.6) is 0 Å². The maximum atomic E-state index is 9.74. The number of nitrogens with zero attached hydrogens (tertiary/aromatic N) is 1. The average Bonchev–Trinajstić information content (AvgIpc) is 3.45. The summed E-state index contributed by atoms with van der Waals surface area (Å²) in [6, 6.07) is 32.0. The van der Waals surface area contributed by atoms with Gasteiger partial charge in [0.2, 0.25) is 0 Å². The van der Waals surface area contributed by atoms with Crippen molar-refractivity contribution in [3.63, 3.8) is 0 Å². The largest absolute Gasteiger partial charge is 0.395 e. The molecule has 0 saturated carbocycles. The van der Waals surface area contributed by atoms with Crippen molar-refractivity contribution in [1.29, 1.82) is 0 Å². The maximum absolute atomic E-state index is 9.74. The predicted molar refractivity (Wildman–Crippen MR) is 96.8 cm³/mol. The van der Waals surface area contributed by atoms with Crippen molar-refractivity contribution in [3.05, 3.63) is 108 Å². The normalized spacial score (nSPS) is 19.9. The number of hydrogen-bond acceptors (Lipinski definition) is 2. The first-order valence-electron chi connectivity index (χ1n) is 8.41. The molecule has 0 radical (unpaired) electrons. The van der Waals surface area contributed by atoms with Crippen LogP contribution >= 0.6 is 0 Å². The second-order valence-corrected chi connectivity index (χ2v) is 6.30. The number of aliphatic hydroxyl groups is 1. The zero-order valence-corrected chi connectivity index (χ0v) is 13.5. The molecule has 1 aliphatic rings. The standard InChI is InChI=1S/C22H21NO/c24-17-21-16-23(21)22(18-10-4-1-5-11-18,19-12-6-2-7-13-19)20-14-8-3-9-15-20/h1-15,21,24H,16-17H2/t21-,23?/m0/s1. The summed E-state index contributed by atoms with van der Waals surface area (Å²) in [6.07, 6.45) is 0. The second-order valence-electron chi connectivity index (χ2n) is 6.30. The smallest absolute Gasteiger partial charge is 0.0977 e. The second kappa shape index (κ2) is 6.23. The van der Waals surface area contributed by atoms with Crippen LogP contribution in [0.3, 0.4) is 0 Å². The Morgan fingerprint density at radius 1 is 0.708 bits per heavy atom. The van der Waals surface area contributed by atoms with E-state index in [9.17, 15) is 5.11 Å². The van der Waals surface area contributed by atoms with Crippen molar-refractivity contribution >= 4 is 0 Å². The van der Waals surface area contributed by atoms with E-state index in [0.717, 1.165) is 6.54 Å². The Balaban J connectivity index is 2.00. The van der Waals surface area contributed by atoms with E-state index in [-0.39, 0.29) is 18.2 Å². The van der Waals surface area contributed by atoms with Crippen LogP contribution in [-0.2, 0) is 5.54 Å². The van der Waals surface area contributed by atoms with Gasteiger partial charge in [0.25, 0.3) is 0 Å². The van der Waals surface area contributed by atoms with Gasteiger partial charge in [-0.3, -0.25) is 4.90 Å². The fourth-order valence-electron chi connectivity index (χ4n) is 3.78. The summed E-state index contributed by atoms with van der Waals surface area (Å²) >= 11 is 0. The van der Waals surface area contributed by atoms with Crippen molar-refractivity contribution in [2.75, 3.05) is 13.2 Å². The summed E-state index contributed by atoms with van der Waals surface area (Å²) in [5.41, 5.74) is 3.34. The fraction of sp³-hybridized carbons (Fsp3) is 0.182. The summed E-state index contributed by atoms with van der Waals surface area (Å²) in [5.74, 6) is 0. The lowest BCUT2D eigenvalue weighted by molar-refractivity contribution is 0.237. The molecule has 1 aliphatic heterocycles. The molecule has 0 aromatic heterocycles. The quantitative estimate of drug-likeness (QED) is 0.574. The van der Waals surface area contributed by atoms with Gasteiger partial charge in [0.15, 0.2) is 0 Å². The van der Waals surface area contributed by atoms with Crippen LogP contribution in [0.2, 0.25) is 0 Å². The lowest BCUT2D eigenvalue weighted by Gasteiger charge is -2.38. The van der Waals surface area contributed by atoms with Crippen LogP contribution in [0.15, 0.2) is 91.0 Å². The van der Waals surface area contributed by atoms with E-state index >= 15 is 0 Å². The van der Waals surface area contributed by atoms with E-state index in [1.807, 2.05) is 0 Å². The van der Waals surface area contributed by atoms with Crippen LogP contribution < -0.4 is 0 Å². The highest BCUT2D eigenvalue weighted by atomic mass is 16.3. The molecule has 1 saturated heterocycles. The molecule has 24 heavy (non-hydrogen) atoms. The molecule has 2 atom stereocenters. The Labute approximate surface area is 143 Å². The van der Waals surface area contributed by atoms with Crippen molar-refractivity contribution in [1.82, 2.24) is 4.90 Å². The molecule has 0 aliphatic carbocycles. The zero-order chi connectivity index (χ0) is 16.4. The molecule has 3 aromatic carbocycles. The Kier molecular flexibility index (Phi) is 3.93. The van der Waals surface area contributed by atoms with Crippen molar-refractivity contribution in [2.45, 2.75) is 11.6 Å². The minimum atomic E-state index is -0.364. The third-order valence-electron chi connectivity index (χ3n) is 4.93. The van der Waals surface area contributed by atoms with E-state index in [1.54, 1.807) is 0 Å². The molecule has 0 spiro atoms. The Morgan fingerprint density at radius 2 is 1.08 bits per heavy atom. The van der Waals surface area contributed by atoms with E-state index < -0.39 is 0 Å². The molecule has 3 aromatic rings. The minimum Gasteiger partial charge on any atom is -0.395 e. The Hall–Kier alpha value is -2.42. The molecule has 0 amide bonds. The molecule has 1 heterocycles. The van der Waals surface area contributed by atoms with E-state index in [2.05, 4.69) is 95.9 Å². The van der Waals surface area contributed by atoms with Gasteiger partial charge >= 0.3 is 0 Å². The zero-order valence-electron chi connectivity index (χ0n) is 13.5. The van der Waals surface area contributed by atoms with Gasteiger partial charge in [0, 0.05) is 12.6 Å². The number of hydrogen-bond donors (Lipinski definition) is 1. The van der Waals surface area contributed by atoms with Crippen LogP contribution in [0, 0.1) is 0 Å². The van der Waals surface area contributed by atoms with Crippen LogP contribution in [0.25, 0.3) is 0 Å². The SMILES string of the molecule is OC[C@@H]1CN1C(c1ccccc1)(c1ccccc1)c1ccccc1. The summed E-state index contributed by atoms with van der Waals surface area (Å²) in [5, 5.41) is 9.74. The molecule has 1 N–H and O–H groups in total. The fourth-order valence-corrected chi connectivity index (χ4v) is 3.78. The van der Waals surface area contributed by atoms with Gasteiger partial charge < -0.3 is 5.11 Å². The first-order valence-corrected chi connectivity index (χ1v) is 8.41. The maximum Gasteiger partial charge on any atom is 0.0977 e. The first-order chi connectivity index (χ1) is 11.9. The molecule has 0 bridgehead atoms. The highest BCUT2D eigenvalue weighted by Gasteiger charge is 2.52. The van der Waals surface area contributed by atoms with Gasteiger partial charge in [-0.1, -0.05) is 91.0 Å². The third-order valence-corrected chi connectivity index (χ3v) is 4.93. The van der Waals surface area contributed by atoms with E-state index in [4.69, 9.17) is 0 Å². The van der Waals surface area contributed by atoms with Crippen LogP contribution in [0.4, 0.5) is 0 Å². The van der Waals surface area contributed by atoms with Gasteiger partial charge in [0.1, 0.15) is 0 Å². The third kappa shape index (κ3) is 2.35. The molecule has 1 unspecified atom stereocenters. The van der Waals surface area contributed by atoms with Crippen LogP contribution in [0.1, 0.15) is 16.7 Å². The summed E-state index contributed by atoms with van der Waals surface area (Å²) in [4.78, 5) is 2.40. The first kappa shape index (κ1) is 15.1. The van der Waals surface area contributed by atoms with Crippen molar-refractivity contribution < 1.29 is 5.11 Å². The molecule has 1 fully saturated rings. The van der Waals surface area contributed by atoms with Crippen molar-refractivity contribution in [2.24, 2.45) is 0 Å². The molecular weight excluding hydrogens is 294 g/mol. The van der Waals surface area contributed by atoms with Gasteiger partial charge in [-0.2, -0.15) is 0 Å². The summed E-state index contributed by atoms with van der Waals surface area (Å²) in [7, 11) is 0. The topological polar surface area (TPSA) is 23.2 Å². The predicted octanol–water partition coefficient (Wildman–Crippen LogP) is 3.66. The molecule has 2 nitrogen and oxygen atoms in total. The van der Waals surface area contributed by atoms with E-state index in [0.29, 0.717) is 0 Å². The molecule has 2 heteroatoms. The molecule has 4 rings (SSSR count). The minimum absolute atomic E-state index is 0.189. The average molecular weight is 315 g/mol. The monoisotopic (exact) mass is 315 g/mol. The lowest BCUT2D eigenvalue weighted by Crippen LogP contribution is -2.39. The Morgan fingerprint density at radius 3 is 1.38 bits per heavy atom. The number of aliphatic hydroxyl groups excluding tert-OH is 1. The number of benzene rings is 3. The molecule has 120 valence electrons. The molecular formula is C22H21NO. The number of rotatable bonds is 5. The van der Waals surface area contributed by atoms with Crippen molar-refractivity contribution in [3.8, 4) is 0 Å². The van der Waals surface area contributed by atoms with Crippen LogP contribution in [-0.4, -0.2) is 29.2 Å². The van der Waals surface area contributed by atoms with Gasteiger partial charge in [-0.05, 0) is 16.7 Å². The highest BCUT2D eigenvalue weighted by Crippen LogP contribution is 2.47. The van der Waals surface area contributed by atoms with Gasteiger partial charge in [0.05, 0.1) is 12.1 Å². The lowest BCUT2D eigenvalue weighted by atomic mass is 9.76. The Bertz CT molecular complexity index is 689. The summed E-state index contributed by atoms with van der Waals surface area (Å²) < 4.78 is 0. The van der Waals surface area contributed by atoms with Gasteiger partial charge in [-0.25, -0.2) is 0 Å². The summed E-state index contributed by atoms with van der Waals surface area (Å²) in [6.45, 7) is 1.09. The van der Waals surface area contributed by atoms with E-state index in [1.165, 1.54) is 16.7 Å². The van der Waals surface area contributed by atoms with Gasteiger partial charge in [-0.15, -0.1) is 0 Å².